The SMILES string of the molecule is NC1(C(=O)O)CCCC(N(CC2CC2)C2CC2)C1. The van der Waals surface area contributed by atoms with E-state index in [1.54, 1.807) is 0 Å². The number of nitrogens with zero attached hydrogens (tertiary/aromatic N) is 1. The van der Waals surface area contributed by atoms with E-state index in [2.05, 4.69) is 4.90 Å². The maximum absolute atomic E-state index is 11.3. The Morgan fingerprint density at radius 2 is 1.94 bits per heavy atom. The van der Waals surface area contributed by atoms with Crippen LogP contribution >= 0.6 is 0 Å². The fourth-order valence-electron chi connectivity index (χ4n) is 3.36. The van der Waals surface area contributed by atoms with Crippen LogP contribution < -0.4 is 5.73 Å². The van der Waals surface area contributed by atoms with E-state index >= 15 is 0 Å². The number of carbonyl (C=O) groups is 1. The molecule has 0 radical (unpaired) electrons. The van der Waals surface area contributed by atoms with Crippen molar-refractivity contribution in [1.82, 2.24) is 4.90 Å². The van der Waals surface area contributed by atoms with Gasteiger partial charge in [0.05, 0.1) is 0 Å². The Morgan fingerprint density at radius 3 is 2.50 bits per heavy atom. The second-order valence-electron chi connectivity index (χ2n) is 6.58. The average Bonchev–Trinajstić information content (AvgIpc) is 3.19. The van der Waals surface area contributed by atoms with E-state index in [1.807, 2.05) is 0 Å². The van der Waals surface area contributed by atoms with E-state index in [9.17, 15) is 9.90 Å². The van der Waals surface area contributed by atoms with Gasteiger partial charge >= 0.3 is 5.97 Å². The van der Waals surface area contributed by atoms with Crippen molar-refractivity contribution in [3.63, 3.8) is 0 Å². The molecule has 3 aliphatic rings. The third-order valence-electron chi connectivity index (χ3n) is 4.84. The molecule has 0 spiro atoms. The Balaban J connectivity index is 1.67. The normalized spacial score (nSPS) is 36.9. The lowest BCUT2D eigenvalue weighted by Gasteiger charge is -2.41. The molecule has 3 saturated carbocycles. The number of nitrogens with two attached hydrogens (primary N) is 1. The van der Waals surface area contributed by atoms with Crippen molar-refractivity contribution in [3.05, 3.63) is 0 Å². The maximum Gasteiger partial charge on any atom is 0.323 e. The summed E-state index contributed by atoms with van der Waals surface area (Å²) in [5, 5.41) is 9.30. The summed E-state index contributed by atoms with van der Waals surface area (Å²) in [4.78, 5) is 13.9. The minimum absolute atomic E-state index is 0.410. The molecule has 102 valence electrons. The van der Waals surface area contributed by atoms with Gasteiger partial charge in [-0.1, -0.05) is 0 Å². The number of rotatable bonds is 5. The van der Waals surface area contributed by atoms with E-state index in [0.29, 0.717) is 18.9 Å². The number of aliphatic carboxylic acids is 1. The molecule has 0 aromatic heterocycles. The van der Waals surface area contributed by atoms with Gasteiger partial charge in [-0.15, -0.1) is 0 Å². The van der Waals surface area contributed by atoms with Crippen LogP contribution in [0.15, 0.2) is 0 Å². The van der Waals surface area contributed by atoms with Crippen LogP contribution in [0, 0.1) is 5.92 Å². The summed E-state index contributed by atoms with van der Waals surface area (Å²) < 4.78 is 0. The van der Waals surface area contributed by atoms with Crippen molar-refractivity contribution in [2.75, 3.05) is 6.54 Å². The minimum atomic E-state index is -0.973. The van der Waals surface area contributed by atoms with Gasteiger partial charge in [0, 0.05) is 18.6 Å². The van der Waals surface area contributed by atoms with Crippen molar-refractivity contribution in [2.45, 2.75) is 69.0 Å². The molecule has 3 aliphatic carbocycles. The third-order valence-corrected chi connectivity index (χ3v) is 4.84. The Labute approximate surface area is 109 Å². The molecule has 0 saturated heterocycles. The molecular weight excluding hydrogens is 228 g/mol. The van der Waals surface area contributed by atoms with Crippen molar-refractivity contribution in [1.29, 1.82) is 0 Å². The van der Waals surface area contributed by atoms with Crippen LogP contribution in [-0.4, -0.2) is 40.1 Å². The van der Waals surface area contributed by atoms with Gasteiger partial charge in [-0.05, 0) is 57.3 Å². The van der Waals surface area contributed by atoms with Gasteiger partial charge in [0.1, 0.15) is 5.54 Å². The topological polar surface area (TPSA) is 66.6 Å². The van der Waals surface area contributed by atoms with Crippen LogP contribution in [0.2, 0.25) is 0 Å². The Bertz CT molecular complexity index is 339. The largest absolute Gasteiger partial charge is 0.480 e. The standard InChI is InChI=1S/C14H24N2O2/c15-14(13(17)18)7-1-2-12(8-14)16(11-5-6-11)9-10-3-4-10/h10-12H,1-9,15H2,(H,17,18). The summed E-state index contributed by atoms with van der Waals surface area (Å²) in [5.41, 5.74) is 5.10. The fraction of sp³-hybridized carbons (Fsp3) is 0.929. The first-order valence-electron chi connectivity index (χ1n) is 7.36. The summed E-state index contributed by atoms with van der Waals surface area (Å²) in [6.45, 7) is 1.19. The summed E-state index contributed by atoms with van der Waals surface area (Å²) in [7, 11) is 0. The monoisotopic (exact) mass is 252 g/mol. The predicted molar refractivity (Wildman–Crippen MR) is 69.3 cm³/mol. The lowest BCUT2D eigenvalue weighted by atomic mass is 9.79. The van der Waals surface area contributed by atoms with Crippen molar-refractivity contribution >= 4 is 5.97 Å². The molecule has 3 N–H and O–H groups in total. The van der Waals surface area contributed by atoms with Crippen LogP contribution in [-0.2, 0) is 4.79 Å². The number of hydrogen-bond acceptors (Lipinski definition) is 3. The van der Waals surface area contributed by atoms with Gasteiger partial charge in [-0.25, -0.2) is 0 Å². The second-order valence-corrected chi connectivity index (χ2v) is 6.58. The number of carboxylic acids is 1. The zero-order chi connectivity index (χ0) is 12.8. The van der Waals surface area contributed by atoms with Gasteiger partial charge < -0.3 is 10.8 Å². The number of hydrogen-bond donors (Lipinski definition) is 2. The van der Waals surface area contributed by atoms with Crippen LogP contribution in [0.4, 0.5) is 0 Å². The van der Waals surface area contributed by atoms with Gasteiger partial charge in [-0.2, -0.15) is 0 Å². The highest BCUT2D eigenvalue weighted by Crippen LogP contribution is 2.40. The summed E-state index contributed by atoms with van der Waals surface area (Å²) in [6, 6.07) is 1.14. The number of carboxylic acid groups (broad SMARTS) is 1. The first-order chi connectivity index (χ1) is 8.58. The minimum Gasteiger partial charge on any atom is -0.480 e. The van der Waals surface area contributed by atoms with E-state index in [1.165, 1.54) is 32.2 Å². The van der Waals surface area contributed by atoms with Crippen molar-refractivity contribution in [2.24, 2.45) is 11.7 Å². The smallest absolute Gasteiger partial charge is 0.323 e. The zero-order valence-electron chi connectivity index (χ0n) is 11.0. The van der Waals surface area contributed by atoms with Gasteiger partial charge in [-0.3, -0.25) is 9.69 Å². The first kappa shape index (κ1) is 12.4. The van der Waals surface area contributed by atoms with Crippen LogP contribution in [0.25, 0.3) is 0 Å². The van der Waals surface area contributed by atoms with E-state index < -0.39 is 11.5 Å². The Kier molecular flexibility index (Phi) is 3.10. The van der Waals surface area contributed by atoms with E-state index in [0.717, 1.165) is 24.8 Å². The quantitative estimate of drug-likeness (QED) is 0.779. The molecule has 3 rings (SSSR count). The van der Waals surface area contributed by atoms with Gasteiger partial charge in [0.25, 0.3) is 0 Å². The van der Waals surface area contributed by atoms with E-state index in [4.69, 9.17) is 5.73 Å². The molecule has 2 atom stereocenters. The molecule has 18 heavy (non-hydrogen) atoms. The second kappa shape index (κ2) is 4.49. The first-order valence-corrected chi connectivity index (χ1v) is 7.36. The molecule has 2 unspecified atom stereocenters. The van der Waals surface area contributed by atoms with E-state index in [-0.39, 0.29) is 0 Å². The zero-order valence-corrected chi connectivity index (χ0v) is 11.0. The fourth-order valence-corrected chi connectivity index (χ4v) is 3.36. The van der Waals surface area contributed by atoms with Crippen LogP contribution in [0.5, 0.6) is 0 Å². The molecule has 3 fully saturated rings. The Hall–Kier alpha value is -0.610. The molecule has 4 nitrogen and oxygen atoms in total. The molecule has 0 aromatic rings. The molecular formula is C14H24N2O2. The van der Waals surface area contributed by atoms with Gasteiger partial charge in [0.15, 0.2) is 0 Å². The summed E-state index contributed by atoms with van der Waals surface area (Å²) in [5.74, 6) is 0.0684. The maximum atomic E-state index is 11.3. The van der Waals surface area contributed by atoms with Crippen LogP contribution in [0.1, 0.15) is 51.4 Å². The van der Waals surface area contributed by atoms with Gasteiger partial charge in [0.2, 0.25) is 0 Å². The van der Waals surface area contributed by atoms with Crippen LogP contribution in [0.3, 0.4) is 0 Å². The molecule has 4 heteroatoms. The molecule has 0 bridgehead atoms. The lowest BCUT2D eigenvalue weighted by molar-refractivity contribution is -0.145. The molecule has 0 aliphatic heterocycles. The third kappa shape index (κ3) is 2.54. The highest BCUT2D eigenvalue weighted by molar-refractivity contribution is 5.78. The summed E-state index contributed by atoms with van der Waals surface area (Å²) in [6.07, 6.45) is 8.70. The molecule has 0 aromatic carbocycles. The molecule has 0 heterocycles. The predicted octanol–water partition coefficient (Wildman–Crippen LogP) is 1.59. The average molecular weight is 252 g/mol. The van der Waals surface area contributed by atoms with Crippen molar-refractivity contribution in [3.8, 4) is 0 Å². The highest BCUT2D eigenvalue weighted by atomic mass is 16.4. The highest BCUT2D eigenvalue weighted by Gasteiger charge is 2.45. The lowest BCUT2D eigenvalue weighted by Crippen LogP contribution is -2.56. The Morgan fingerprint density at radius 1 is 1.22 bits per heavy atom. The summed E-state index contributed by atoms with van der Waals surface area (Å²) >= 11 is 0. The molecule has 0 amide bonds. The van der Waals surface area contributed by atoms with Crippen molar-refractivity contribution < 1.29 is 9.90 Å².